The highest BCUT2D eigenvalue weighted by Gasteiger charge is 2.09. The Morgan fingerprint density at radius 2 is 1.85 bits per heavy atom. The van der Waals surface area contributed by atoms with E-state index in [9.17, 15) is 4.79 Å². The fourth-order valence-electron chi connectivity index (χ4n) is 1.93. The first-order valence-electron chi connectivity index (χ1n) is 7.03. The van der Waals surface area contributed by atoms with Gasteiger partial charge in [0, 0.05) is 11.4 Å². The van der Waals surface area contributed by atoms with Gasteiger partial charge in [-0.15, -0.1) is 0 Å². The molecule has 1 rings (SSSR count). The summed E-state index contributed by atoms with van der Waals surface area (Å²) in [5.41, 5.74) is 7.10. The second kappa shape index (κ2) is 8.55. The normalized spacial score (nSPS) is 11.1. The smallest absolute Gasteiger partial charge is 0.238 e. The average Bonchev–Trinajstić information content (AvgIpc) is 2.40. The topological polar surface area (TPSA) is 61.6 Å². The van der Waals surface area contributed by atoms with E-state index in [-0.39, 0.29) is 5.91 Å². The summed E-state index contributed by atoms with van der Waals surface area (Å²) in [5.74, 6) is 0.0153. The number of amides is 1. The standard InChI is InChI=1S/C15H26N4O/c1-4-19(11-5-10-18(2)3)12-15(20)17-14-8-6-13(16)7-9-14/h6-9H,4-5,10-12,16H2,1-3H3,(H,17,20). The van der Waals surface area contributed by atoms with Crippen LogP contribution in [-0.4, -0.2) is 56.0 Å². The number of anilines is 2. The highest BCUT2D eigenvalue weighted by atomic mass is 16.2. The van der Waals surface area contributed by atoms with E-state index in [2.05, 4.69) is 36.1 Å². The van der Waals surface area contributed by atoms with Crippen LogP contribution < -0.4 is 11.1 Å². The van der Waals surface area contributed by atoms with Crippen molar-refractivity contribution >= 4 is 17.3 Å². The van der Waals surface area contributed by atoms with E-state index < -0.39 is 0 Å². The summed E-state index contributed by atoms with van der Waals surface area (Å²) in [5, 5.41) is 2.89. The van der Waals surface area contributed by atoms with Crippen molar-refractivity contribution < 1.29 is 4.79 Å². The SMILES string of the molecule is CCN(CCCN(C)C)CC(=O)Nc1ccc(N)cc1. The van der Waals surface area contributed by atoms with Gasteiger partial charge >= 0.3 is 0 Å². The van der Waals surface area contributed by atoms with Crippen molar-refractivity contribution in [2.75, 3.05) is 51.3 Å². The number of hydrogen-bond donors (Lipinski definition) is 2. The van der Waals surface area contributed by atoms with Crippen LogP contribution in [0.15, 0.2) is 24.3 Å². The predicted octanol–water partition coefficient (Wildman–Crippen LogP) is 1.48. The third-order valence-electron chi connectivity index (χ3n) is 3.09. The molecule has 1 aromatic carbocycles. The molecule has 0 aliphatic heterocycles. The molecule has 0 heterocycles. The molecule has 3 N–H and O–H groups in total. The second-order valence-corrected chi connectivity index (χ2v) is 5.20. The highest BCUT2D eigenvalue weighted by Crippen LogP contribution is 2.10. The van der Waals surface area contributed by atoms with Crippen LogP contribution in [0.4, 0.5) is 11.4 Å². The number of carbonyl (C=O) groups is 1. The molecule has 0 aliphatic carbocycles. The number of hydrogen-bond acceptors (Lipinski definition) is 4. The zero-order valence-corrected chi connectivity index (χ0v) is 12.7. The lowest BCUT2D eigenvalue weighted by Crippen LogP contribution is -2.34. The van der Waals surface area contributed by atoms with Crippen LogP contribution in [0.3, 0.4) is 0 Å². The highest BCUT2D eigenvalue weighted by molar-refractivity contribution is 5.92. The first kappa shape index (κ1) is 16.5. The lowest BCUT2D eigenvalue weighted by molar-refractivity contribution is -0.117. The Bertz CT molecular complexity index is 403. The van der Waals surface area contributed by atoms with Crippen LogP contribution >= 0.6 is 0 Å². The van der Waals surface area contributed by atoms with Gasteiger partial charge in [-0.1, -0.05) is 6.92 Å². The minimum atomic E-state index is 0.0153. The molecule has 1 aromatic rings. The second-order valence-electron chi connectivity index (χ2n) is 5.20. The fourth-order valence-corrected chi connectivity index (χ4v) is 1.93. The summed E-state index contributed by atoms with van der Waals surface area (Å²) in [6.07, 6.45) is 1.07. The Kier molecular flexibility index (Phi) is 7.04. The van der Waals surface area contributed by atoms with Crippen LogP contribution in [0.5, 0.6) is 0 Å². The molecule has 1 amide bonds. The van der Waals surface area contributed by atoms with Crippen molar-refractivity contribution in [3.63, 3.8) is 0 Å². The molecule has 0 aromatic heterocycles. The zero-order chi connectivity index (χ0) is 15.0. The van der Waals surface area contributed by atoms with Gasteiger partial charge in [-0.05, 0) is 64.4 Å². The Balaban J connectivity index is 2.36. The van der Waals surface area contributed by atoms with Gasteiger partial charge in [-0.3, -0.25) is 9.69 Å². The Morgan fingerprint density at radius 3 is 2.40 bits per heavy atom. The van der Waals surface area contributed by atoms with Crippen LogP contribution in [0.2, 0.25) is 0 Å². The third-order valence-corrected chi connectivity index (χ3v) is 3.09. The molecule has 0 radical (unpaired) electrons. The number of benzene rings is 1. The first-order valence-corrected chi connectivity index (χ1v) is 7.03. The number of nitrogens with zero attached hydrogens (tertiary/aromatic N) is 2. The van der Waals surface area contributed by atoms with Crippen molar-refractivity contribution in [2.45, 2.75) is 13.3 Å². The fraction of sp³-hybridized carbons (Fsp3) is 0.533. The van der Waals surface area contributed by atoms with Gasteiger partial charge < -0.3 is 16.0 Å². The van der Waals surface area contributed by atoms with Crippen LogP contribution in [0, 0.1) is 0 Å². The molecule has 0 aliphatic rings. The number of nitrogens with one attached hydrogen (secondary N) is 1. The molecule has 0 fully saturated rings. The summed E-state index contributed by atoms with van der Waals surface area (Å²) in [7, 11) is 4.12. The zero-order valence-electron chi connectivity index (χ0n) is 12.7. The maximum absolute atomic E-state index is 12.0. The number of carbonyl (C=O) groups excluding carboxylic acids is 1. The molecule has 0 atom stereocenters. The van der Waals surface area contributed by atoms with Gasteiger partial charge in [0.15, 0.2) is 0 Å². The molecule has 5 nitrogen and oxygen atoms in total. The number of nitrogen functional groups attached to an aromatic ring is 1. The van der Waals surface area contributed by atoms with E-state index in [0.29, 0.717) is 12.2 Å². The van der Waals surface area contributed by atoms with Crippen molar-refractivity contribution in [1.82, 2.24) is 9.80 Å². The van der Waals surface area contributed by atoms with E-state index in [0.717, 1.165) is 31.7 Å². The lowest BCUT2D eigenvalue weighted by Gasteiger charge is -2.20. The molecular formula is C15H26N4O. The molecule has 0 saturated carbocycles. The van der Waals surface area contributed by atoms with E-state index >= 15 is 0 Å². The molecule has 0 bridgehead atoms. The maximum atomic E-state index is 12.0. The van der Waals surface area contributed by atoms with Gasteiger partial charge in [-0.25, -0.2) is 0 Å². The summed E-state index contributed by atoms with van der Waals surface area (Å²) < 4.78 is 0. The summed E-state index contributed by atoms with van der Waals surface area (Å²) in [6, 6.07) is 7.19. The largest absolute Gasteiger partial charge is 0.399 e. The van der Waals surface area contributed by atoms with Crippen molar-refractivity contribution in [3.8, 4) is 0 Å². The van der Waals surface area contributed by atoms with Gasteiger partial charge in [0.25, 0.3) is 0 Å². The van der Waals surface area contributed by atoms with E-state index in [4.69, 9.17) is 5.73 Å². The van der Waals surface area contributed by atoms with Gasteiger partial charge in [0.05, 0.1) is 6.54 Å². The van der Waals surface area contributed by atoms with E-state index in [1.165, 1.54) is 0 Å². The third kappa shape index (κ3) is 6.54. The van der Waals surface area contributed by atoms with E-state index in [1.54, 1.807) is 12.1 Å². The summed E-state index contributed by atoms with van der Waals surface area (Å²) >= 11 is 0. The maximum Gasteiger partial charge on any atom is 0.238 e. The van der Waals surface area contributed by atoms with Gasteiger partial charge in [0.1, 0.15) is 0 Å². The van der Waals surface area contributed by atoms with Crippen molar-refractivity contribution in [3.05, 3.63) is 24.3 Å². The molecule has 0 spiro atoms. The number of likely N-dealkylation sites (N-methyl/N-ethyl adjacent to an activating group) is 1. The predicted molar refractivity (Wildman–Crippen MR) is 84.8 cm³/mol. The van der Waals surface area contributed by atoms with Crippen LogP contribution in [-0.2, 0) is 4.79 Å². The molecular weight excluding hydrogens is 252 g/mol. The average molecular weight is 278 g/mol. The van der Waals surface area contributed by atoms with Gasteiger partial charge in [-0.2, -0.15) is 0 Å². The van der Waals surface area contributed by atoms with Gasteiger partial charge in [0.2, 0.25) is 5.91 Å². The minimum Gasteiger partial charge on any atom is -0.399 e. The number of nitrogens with two attached hydrogens (primary N) is 1. The first-order chi connectivity index (χ1) is 9.51. The molecule has 20 heavy (non-hydrogen) atoms. The van der Waals surface area contributed by atoms with Crippen LogP contribution in [0.1, 0.15) is 13.3 Å². The molecule has 0 saturated heterocycles. The molecule has 112 valence electrons. The van der Waals surface area contributed by atoms with Crippen molar-refractivity contribution in [2.24, 2.45) is 0 Å². The molecule has 5 heteroatoms. The Hall–Kier alpha value is -1.59. The summed E-state index contributed by atoms with van der Waals surface area (Å²) in [4.78, 5) is 16.3. The van der Waals surface area contributed by atoms with E-state index in [1.807, 2.05) is 12.1 Å². The number of rotatable bonds is 8. The molecule has 0 unspecified atom stereocenters. The quantitative estimate of drug-likeness (QED) is 0.707. The summed E-state index contributed by atoms with van der Waals surface area (Å²) in [6.45, 7) is 5.35. The van der Waals surface area contributed by atoms with Crippen LogP contribution in [0.25, 0.3) is 0 Å². The Morgan fingerprint density at radius 1 is 1.20 bits per heavy atom. The van der Waals surface area contributed by atoms with Crippen molar-refractivity contribution in [1.29, 1.82) is 0 Å². The lowest BCUT2D eigenvalue weighted by atomic mass is 10.3. The minimum absolute atomic E-state index is 0.0153. The monoisotopic (exact) mass is 278 g/mol. The Labute approximate surface area is 121 Å².